The lowest BCUT2D eigenvalue weighted by molar-refractivity contribution is 0.0828. The molecular formula is C16H25N3O. The molecule has 2 N–H and O–H groups in total. The van der Waals surface area contributed by atoms with Crippen molar-refractivity contribution >= 4 is 17.3 Å². The number of carbonyl (C=O) groups excluding carboxylic acids is 1. The highest BCUT2D eigenvalue weighted by Crippen LogP contribution is 2.30. The Balaban J connectivity index is 2.38. The van der Waals surface area contributed by atoms with Crippen molar-refractivity contribution in [2.45, 2.75) is 20.3 Å². The summed E-state index contributed by atoms with van der Waals surface area (Å²) in [5.41, 5.74) is 8.35. The Morgan fingerprint density at radius 3 is 2.40 bits per heavy atom. The molecule has 1 aliphatic rings. The molecule has 1 aliphatic heterocycles. The molecule has 0 radical (unpaired) electrons. The summed E-state index contributed by atoms with van der Waals surface area (Å²) in [7, 11) is 3.56. The Labute approximate surface area is 121 Å². The van der Waals surface area contributed by atoms with E-state index in [1.54, 1.807) is 25.1 Å². The van der Waals surface area contributed by atoms with Gasteiger partial charge in [-0.15, -0.1) is 0 Å². The zero-order valence-electron chi connectivity index (χ0n) is 12.9. The number of rotatable bonds is 2. The van der Waals surface area contributed by atoms with Gasteiger partial charge in [-0.25, -0.2) is 0 Å². The summed E-state index contributed by atoms with van der Waals surface area (Å²) in [4.78, 5) is 16.3. The third-order valence-corrected chi connectivity index (χ3v) is 3.87. The maximum Gasteiger partial charge on any atom is 0.255 e. The summed E-state index contributed by atoms with van der Waals surface area (Å²) in [5, 5.41) is 0. The van der Waals surface area contributed by atoms with Crippen LogP contribution in [0.5, 0.6) is 0 Å². The van der Waals surface area contributed by atoms with Crippen molar-refractivity contribution in [2.24, 2.45) is 11.8 Å². The number of piperidine rings is 1. The fourth-order valence-electron chi connectivity index (χ4n) is 3.09. The number of nitrogens with two attached hydrogens (primary N) is 1. The molecule has 2 unspecified atom stereocenters. The molecule has 1 aromatic carbocycles. The van der Waals surface area contributed by atoms with Gasteiger partial charge in [-0.1, -0.05) is 13.8 Å². The predicted octanol–water partition coefficient (Wildman–Crippen LogP) is 2.45. The fraction of sp³-hybridized carbons (Fsp3) is 0.562. The lowest BCUT2D eigenvalue weighted by atomic mass is 9.91. The first-order chi connectivity index (χ1) is 9.38. The first-order valence-electron chi connectivity index (χ1n) is 7.24. The van der Waals surface area contributed by atoms with Crippen LogP contribution in [0, 0.1) is 11.8 Å². The quantitative estimate of drug-likeness (QED) is 0.843. The molecule has 2 rings (SSSR count). The van der Waals surface area contributed by atoms with E-state index in [9.17, 15) is 4.79 Å². The summed E-state index contributed by atoms with van der Waals surface area (Å²) in [6, 6.07) is 5.58. The lowest BCUT2D eigenvalue weighted by Crippen LogP contribution is -2.40. The zero-order valence-corrected chi connectivity index (χ0v) is 12.9. The van der Waals surface area contributed by atoms with Crippen LogP contribution < -0.4 is 10.6 Å². The molecule has 4 nitrogen and oxygen atoms in total. The molecule has 0 bridgehead atoms. The third kappa shape index (κ3) is 3.06. The van der Waals surface area contributed by atoms with Crippen LogP contribution in [-0.4, -0.2) is 38.0 Å². The van der Waals surface area contributed by atoms with E-state index >= 15 is 0 Å². The monoisotopic (exact) mass is 275 g/mol. The number of benzene rings is 1. The van der Waals surface area contributed by atoms with Gasteiger partial charge in [0.25, 0.3) is 5.91 Å². The van der Waals surface area contributed by atoms with Crippen molar-refractivity contribution in [1.82, 2.24) is 4.90 Å². The summed E-state index contributed by atoms with van der Waals surface area (Å²) in [6.07, 6.45) is 1.25. The number of amides is 1. The van der Waals surface area contributed by atoms with Gasteiger partial charge >= 0.3 is 0 Å². The smallest absolute Gasteiger partial charge is 0.255 e. The molecule has 1 aromatic rings. The SMILES string of the molecule is CC1CC(C)CN(c2cc(N)ccc2C(=O)N(C)C)C1. The van der Waals surface area contributed by atoms with Crippen molar-refractivity contribution in [3.05, 3.63) is 23.8 Å². The zero-order chi connectivity index (χ0) is 14.9. The van der Waals surface area contributed by atoms with E-state index in [0.29, 0.717) is 17.5 Å². The largest absolute Gasteiger partial charge is 0.399 e. The lowest BCUT2D eigenvalue weighted by Gasteiger charge is -2.37. The molecule has 1 fully saturated rings. The summed E-state index contributed by atoms with van der Waals surface area (Å²) in [5.74, 6) is 1.32. The molecule has 0 spiro atoms. The molecule has 20 heavy (non-hydrogen) atoms. The number of hydrogen-bond acceptors (Lipinski definition) is 3. The maximum atomic E-state index is 12.3. The van der Waals surface area contributed by atoms with Crippen molar-refractivity contribution in [1.29, 1.82) is 0 Å². The molecular weight excluding hydrogens is 250 g/mol. The van der Waals surface area contributed by atoms with Gasteiger partial charge in [0.15, 0.2) is 0 Å². The standard InChI is InChI=1S/C16H25N3O/c1-11-7-12(2)10-19(9-11)15-8-13(17)5-6-14(15)16(20)18(3)4/h5-6,8,11-12H,7,9-10,17H2,1-4H3. The number of anilines is 2. The van der Waals surface area contributed by atoms with Gasteiger partial charge in [-0.2, -0.15) is 0 Å². The van der Waals surface area contributed by atoms with Crippen molar-refractivity contribution in [3.63, 3.8) is 0 Å². The Hall–Kier alpha value is -1.71. The number of nitrogens with zero attached hydrogens (tertiary/aromatic N) is 2. The number of hydrogen-bond donors (Lipinski definition) is 1. The Morgan fingerprint density at radius 1 is 1.25 bits per heavy atom. The average molecular weight is 275 g/mol. The molecule has 4 heteroatoms. The van der Waals surface area contributed by atoms with Gasteiger partial charge in [0, 0.05) is 32.9 Å². The van der Waals surface area contributed by atoms with Crippen LogP contribution in [-0.2, 0) is 0 Å². The number of nitrogen functional groups attached to an aromatic ring is 1. The molecule has 1 saturated heterocycles. The Kier molecular flexibility index (Phi) is 4.21. The Bertz CT molecular complexity index is 488. The molecule has 110 valence electrons. The van der Waals surface area contributed by atoms with E-state index < -0.39 is 0 Å². The first-order valence-corrected chi connectivity index (χ1v) is 7.24. The second kappa shape index (κ2) is 5.73. The van der Waals surface area contributed by atoms with Gasteiger partial charge in [0.2, 0.25) is 0 Å². The van der Waals surface area contributed by atoms with E-state index in [4.69, 9.17) is 5.73 Å². The highest BCUT2D eigenvalue weighted by atomic mass is 16.2. The molecule has 0 saturated carbocycles. The molecule has 1 amide bonds. The highest BCUT2D eigenvalue weighted by Gasteiger charge is 2.25. The van der Waals surface area contributed by atoms with Crippen LogP contribution in [0.2, 0.25) is 0 Å². The topological polar surface area (TPSA) is 49.6 Å². The van der Waals surface area contributed by atoms with Crippen LogP contribution in [0.1, 0.15) is 30.6 Å². The second-order valence-electron chi connectivity index (χ2n) is 6.33. The molecule has 2 atom stereocenters. The first kappa shape index (κ1) is 14.7. The summed E-state index contributed by atoms with van der Waals surface area (Å²) < 4.78 is 0. The second-order valence-corrected chi connectivity index (χ2v) is 6.33. The minimum absolute atomic E-state index is 0.0332. The van der Waals surface area contributed by atoms with Crippen molar-refractivity contribution in [2.75, 3.05) is 37.8 Å². The minimum Gasteiger partial charge on any atom is -0.399 e. The van der Waals surface area contributed by atoms with Crippen molar-refractivity contribution < 1.29 is 4.79 Å². The van der Waals surface area contributed by atoms with E-state index in [2.05, 4.69) is 18.7 Å². The van der Waals surface area contributed by atoms with Crippen molar-refractivity contribution in [3.8, 4) is 0 Å². The molecule has 0 aliphatic carbocycles. The minimum atomic E-state index is 0.0332. The van der Waals surface area contributed by atoms with Crippen LogP contribution in [0.25, 0.3) is 0 Å². The van der Waals surface area contributed by atoms with Crippen LogP contribution in [0.15, 0.2) is 18.2 Å². The number of carbonyl (C=O) groups is 1. The average Bonchev–Trinajstić information content (AvgIpc) is 2.36. The highest BCUT2D eigenvalue weighted by molar-refractivity contribution is 6.00. The van der Waals surface area contributed by atoms with Crippen LogP contribution in [0.4, 0.5) is 11.4 Å². The van der Waals surface area contributed by atoms with Gasteiger partial charge in [-0.05, 0) is 36.5 Å². The van der Waals surface area contributed by atoms with E-state index in [-0.39, 0.29) is 5.91 Å². The normalized spacial score (nSPS) is 22.7. The van der Waals surface area contributed by atoms with Gasteiger partial charge in [-0.3, -0.25) is 4.79 Å². The van der Waals surface area contributed by atoms with E-state index in [1.807, 2.05) is 12.1 Å². The Morgan fingerprint density at radius 2 is 1.85 bits per heavy atom. The maximum absolute atomic E-state index is 12.3. The van der Waals surface area contributed by atoms with Crippen LogP contribution in [0.3, 0.4) is 0 Å². The fourth-order valence-corrected chi connectivity index (χ4v) is 3.09. The predicted molar refractivity (Wildman–Crippen MR) is 84.0 cm³/mol. The van der Waals surface area contributed by atoms with E-state index in [1.165, 1.54) is 6.42 Å². The molecule has 0 aromatic heterocycles. The third-order valence-electron chi connectivity index (χ3n) is 3.87. The summed E-state index contributed by atoms with van der Waals surface area (Å²) >= 11 is 0. The van der Waals surface area contributed by atoms with Gasteiger partial charge in [0.05, 0.1) is 11.3 Å². The van der Waals surface area contributed by atoms with Gasteiger partial charge in [0.1, 0.15) is 0 Å². The van der Waals surface area contributed by atoms with Crippen LogP contribution >= 0.6 is 0 Å². The summed E-state index contributed by atoms with van der Waals surface area (Å²) in [6.45, 7) is 6.51. The molecule has 1 heterocycles. The van der Waals surface area contributed by atoms with Gasteiger partial charge < -0.3 is 15.5 Å². The van der Waals surface area contributed by atoms with E-state index in [0.717, 1.165) is 24.3 Å².